The van der Waals surface area contributed by atoms with Gasteiger partial charge in [-0.15, -0.1) is 11.3 Å². The molecular formula is C22H19Cl2N3OS. The van der Waals surface area contributed by atoms with E-state index in [-0.39, 0.29) is 12.1 Å². The van der Waals surface area contributed by atoms with Crippen LogP contribution in [0.2, 0.25) is 10.0 Å². The lowest BCUT2D eigenvalue weighted by Gasteiger charge is -2.29. The Bertz CT molecular complexity index is 1080. The highest BCUT2D eigenvalue weighted by Crippen LogP contribution is 2.41. The van der Waals surface area contributed by atoms with Crippen molar-refractivity contribution in [1.29, 1.82) is 0 Å². The van der Waals surface area contributed by atoms with E-state index in [9.17, 15) is 4.79 Å². The van der Waals surface area contributed by atoms with Gasteiger partial charge in [-0.05, 0) is 29.7 Å². The maximum absolute atomic E-state index is 12.9. The molecule has 0 aliphatic carbocycles. The predicted molar refractivity (Wildman–Crippen MR) is 119 cm³/mol. The van der Waals surface area contributed by atoms with E-state index >= 15 is 0 Å². The van der Waals surface area contributed by atoms with Crippen LogP contribution in [0.3, 0.4) is 0 Å². The number of thiophene rings is 1. The van der Waals surface area contributed by atoms with Crippen molar-refractivity contribution >= 4 is 45.4 Å². The van der Waals surface area contributed by atoms with E-state index in [0.29, 0.717) is 10.0 Å². The third kappa shape index (κ3) is 3.64. The highest BCUT2D eigenvalue weighted by atomic mass is 35.5. The zero-order chi connectivity index (χ0) is 20.0. The molecule has 1 amide bonds. The summed E-state index contributed by atoms with van der Waals surface area (Å²) in [5.41, 5.74) is 4.10. The summed E-state index contributed by atoms with van der Waals surface area (Å²) in [5.74, 6) is -0.0382. The minimum Gasteiger partial charge on any atom is -0.353 e. The predicted octanol–water partition coefficient (Wildman–Crippen LogP) is 5.47. The van der Waals surface area contributed by atoms with Gasteiger partial charge in [-0.1, -0.05) is 59.6 Å². The molecule has 0 spiro atoms. The number of carbonyl (C=O) groups is 1. The first-order chi connectivity index (χ1) is 14.1. The maximum atomic E-state index is 12.9. The summed E-state index contributed by atoms with van der Waals surface area (Å²) in [6, 6.07) is 15.8. The van der Waals surface area contributed by atoms with E-state index in [1.807, 2.05) is 12.1 Å². The number of rotatable bonds is 3. The van der Waals surface area contributed by atoms with Crippen molar-refractivity contribution < 1.29 is 4.79 Å². The zero-order valence-electron chi connectivity index (χ0n) is 15.5. The quantitative estimate of drug-likeness (QED) is 0.563. The van der Waals surface area contributed by atoms with Gasteiger partial charge in [0.05, 0.1) is 5.56 Å². The number of halogens is 2. The topological polar surface area (TPSA) is 44.4 Å². The molecule has 2 N–H and O–H groups in total. The van der Waals surface area contributed by atoms with Gasteiger partial charge in [-0.25, -0.2) is 0 Å². The number of hydrogen-bond donors (Lipinski definition) is 2. The van der Waals surface area contributed by atoms with Gasteiger partial charge in [-0.3, -0.25) is 9.69 Å². The number of nitrogens with one attached hydrogen (secondary N) is 2. The average Bonchev–Trinajstić information content (AvgIpc) is 3.06. The Morgan fingerprint density at radius 2 is 1.93 bits per heavy atom. The van der Waals surface area contributed by atoms with Crippen molar-refractivity contribution in [2.45, 2.75) is 25.7 Å². The van der Waals surface area contributed by atoms with Gasteiger partial charge in [-0.2, -0.15) is 0 Å². The molecule has 0 saturated heterocycles. The van der Waals surface area contributed by atoms with Gasteiger partial charge < -0.3 is 10.6 Å². The molecule has 3 heterocycles. The van der Waals surface area contributed by atoms with Crippen LogP contribution in [-0.2, 0) is 19.5 Å². The van der Waals surface area contributed by atoms with Crippen molar-refractivity contribution in [2.75, 3.05) is 11.9 Å². The van der Waals surface area contributed by atoms with Crippen molar-refractivity contribution in [3.05, 3.63) is 85.7 Å². The fourth-order valence-electron chi connectivity index (χ4n) is 4.04. The van der Waals surface area contributed by atoms with E-state index in [2.05, 4.69) is 39.8 Å². The molecule has 2 aromatic carbocycles. The van der Waals surface area contributed by atoms with Crippen molar-refractivity contribution in [1.82, 2.24) is 10.2 Å². The highest BCUT2D eigenvalue weighted by Gasteiger charge is 2.33. The summed E-state index contributed by atoms with van der Waals surface area (Å²) in [7, 11) is 0. The first kappa shape index (κ1) is 18.9. The monoisotopic (exact) mass is 443 g/mol. The number of anilines is 1. The van der Waals surface area contributed by atoms with Crippen LogP contribution in [0.4, 0.5) is 5.00 Å². The number of carbonyl (C=O) groups excluding carboxylic acids is 1. The summed E-state index contributed by atoms with van der Waals surface area (Å²) in [5, 5.41) is 8.56. The number of nitrogens with zero attached hydrogens (tertiary/aromatic N) is 1. The average molecular weight is 444 g/mol. The Morgan fingerprint density at radius 1 is 1.10 bits per heavy atom. The summed E-state index contributed by atoms with van der Waals surface area (Å²) >= 11 is 14.0. The third-order valence-electron chi connectivity index (χ3n) is 5.44. The van der Waals surface area contributed by atoms with Crippen LogP contribution in [0.25, 0.3) is 0 Å². The van der Waals surface area contributed by atoms with Gasteiger partial charge >= 0.3 is 0 Å². The Morgan fingerprint density at radius 3 is 2.72 bits per heavy atom. The molecule has 0 saturated carbocycles. The number of hydrogen-bond acceptors (Lipinski definition) is 4. The largest absolute Gasteiger partial charge is 0.353 e. The van der Waals surface area contributed by atoms with E-state index < -0.39 is 0 Å². The second-order valence-corrected chi connectivity index (χ2v) is 9.32. The van der Waals surface area contributed by atoms with Crippen LogP contribution >= 0.6 is 34.5 Å². The zero-order valence-corrected chi connectivity index (χ0v) is 17.9. The SMILES string of the molecule is O=C1N[C@@H](c2ccc(Cl)cc2Cl)Nc2sc3c(c21)CCN(Cc1ccccc1)C3. The summed E-state index contributed by atoms with van der Waals surface area (Å²) in [6.07, 6.45) is 0.524. The molecule has 5 rings (SSSR count). The van der Waals surface area contributed by atoms with Crippen LogP contribution < -0.4 is 10.6 Å². The Balaban J connectivity index is 1.39. The number of benzene rings is 2. The molecule has 4 nitrogen and oxygen atoms in total. The summed E-state index contributed by atoms with van der Waals surface area (Å²) < 4.78 is 0. The van der Waals surface area contributed by atoms with Crippen molar-refractivity contribution in [3.8, 4) is 0 Å². The normalized spacial score (nSPS) is 18.6. The van der Waals surface area contributed by atoms with E-state index in [0.717, 1.165) is 42.2 Å². The maximum Gasteiger partial charge on any atom is 0.256 e. The summed E-state index contributed by atoms with van der Waals surface area (Å²) in [6.45, 7) is 2.74. The second-order valence-electron chi connectivity index (χ2n) is 7.37. The van der Waals surface area contributed by atoms with Crippen molar-refractivity contribution in [3.63, 3.8) is 0 Å². The minimum absolute atomic E-state index is 0.0382. The standard InChI is InChI=1S/C22H19Cl2N3OS/c23-14-6-7-15(17(24)10-14)20-25-21(28)19-16-8-9-27(11-13-4-2-1-3-5-13)12-18(16)29-22(19)26-20/h1-7,10,20,26H,8-9,11-12H2,(H,25,28)/t20-/m1/s1. The van der Waals surface area contributed by atoms with Crippen LogP contribution in [0.1, 0.15) is 38.1 Å². The molecule has 7 heteroatoms. The van der Waals surface area contributed by atoms with Gasteiger partial charge in [0.2, 0.25) is 0 Å². The molecule has 0 fully saturated rings. The molecule has 0 unspecified atom stereocenters. The fraction of sp³-hybridized carbons (Fsp3) is 0.227. The molecule has 0 radical (unpaired) electrons. The van der Waals surface area contributed by atoms with Crippen molar-refractivity contribution in [2.24, 2.45) is 0 Å². The van der Waals surface area contributed by atoms with Crippen LogP contribution in [-0.4, -0.2) is 17.4 Å². The Kier molecular flexibility index (Phi) is 5.00. The molecule has 1 aromatic heterocycles. The van der Waals surface area contributed by atoms with Crippen LogP contribution in [0.5, 0.6) is 0 Å². The lowest BCUT2D eigenvalue weighted by atomic mass is 10.00. The number of fused-ring (bicyclic) bond motifs is 3. The molecule has 3 aromatic rings. The molecular weight excluding hydrogens is 425 g/mol. The molecule has 29 heavy (non-hydrogen) atoms. The minimum atomic E-state index is -0.361. The lowest BCUT2D eigenvalue weighted by Crippen LogP contribution is -2.39. The molecule has 0 bridgehead atoms. The van der Waals surface area contributed by atoms with E-state index in [1.165, 1.54) is 16.0 Å². The van der Waals surface area contributed by atoms with Gasteiger partial charge in [0, 0.05) is 40.1 Å². The molecule has 1 atom stereocenters. The number of amides is 1. The molecule has 2 aliphatic heterocycles. The molecule has 148 valence electrons. The second kappa shape index (κ2) is 7.65. The smallest absolute Gasteiger partial charge is 0.256 e. The Labute approximate surface area is 183 Å². The Hall–Kier alpha value is -2.05. The van der Waals surface area contributed by atoms with Crippen LogP contribution in [0, 0.1) is 0 Å². The third-order valence-corrected chi connectivity index (χ3v) is 7.15. The van der Waals surface area contributed by atoms with E-state index in [1.54, 1.807) is 23.5 Å². The van der Waals surface area contributed by atoms with Gasteiger partial charge in [0.15, 0.2) is 0 Å². The molecule has 2 aliphatic rings. The van der Waals surface area contributed by atoms with E-state index in [4.69, 9.17) is 23.2 Å². The van der Waals surface area contributed by atoms with Gasteiger partial charge in [0.25, 0.3) is 5.91 Å². The highest BCUT2D eigenvalue weighted by molar-refractivity contribution is 7.16. The summed E-state index contributed by atoms with van der Waals surface area (Å²) in [4.78, 5) is 16.6. The first-order valence-corrected chi connectivity index (χ1v) is 11.1. The fourth-order valence-corrected chi connectivity index (χ4v) is 5.87. The lowest BCUT2D eigenvalue weighted by molar-refractivity contribution is 0.0934. The van der Waals surface area contributed by atoms with Gasteiger partial charge in [0.1, 0.15) is 11.2 Å². The van der Waals surface area contributed by atoms with Crippen LogP contribution in [0.15, 0.2) is 48.5 Å². The first-order valence-electron chi connectivity index (χ1n) is 9.51.